The fraction of sp³-hybridized carbons (Fsp3) is 0.533. The van der Waals surface area contributed by atoms with Crippen LogP contribution in [-0.2, 0) is 24.0 Å². The molecule has 2 aromatic carbocycles. The molecule has 6 rings (SSSR count). The molecule has 59 heavy (non-hydrogen) atoms. The number of nitrogens with zero attached hydrogens (tertiary/aromatic N) is 3. The van der Waals surface area contributed by atoms with Crippen molar-refractivity contribution in [3.05, 3.63) is 66.7 Å². The fourth-order valence-corrected chi connectivity index (χ4v) is 8.89. The number of anilines is 1. The molecule has 14 nitrogen and oxygen atoms in total. The number of primary amides is 1. The number of amides is 5. The van der Waals surface area contributed by atoms with Gasteiger partial charge >= 0.3 is 6.03 Å². The SMILES string of the molecule is CC(C)(C)[C@H](CC(=O)[C@@H](NC(=O)c1cnccn1)C1CCCCC1)C(=O)N[C@H]1CN(C(=O)Nc2ccc3ccccc3c2)C[C@H]1C(=O)C[C@@H](CC1CCC1)C(=O)C(N)=O. The zero-order chi connectivity index (χ0) is 42.3. The van der Waals surface area contributed by atoms with Crippen LogP contribution in [0.25, 0.3) is 10.8 Å². The van der Waals surface area contributed by atoms with E-state index in [-0.39, 0.29) is 55.0 Å². The van der Waals surface area contributed by atoms with Crippen LogP contribution in [0.2, 0.25) is 0 Å². The number of benzene rings is 2. The Morgan fingerprint density at radius 3 is 2.24 bits per heavy atom. The third kappa shape index (κ3) is 11.0. The van der Waals surface area contributed by atoms with Crippen molar-refractivity contribution in [2.75, 3.05) is 18.4 Å². The van der Waals surface area contributed by atoms with Crippen LogP contribution in [0, 0.1) is 35.0 Å². The number of carbonyl (C=O) groups is 7. The molecular formula is C45H57N7O7. The summed E-state index contributed by atoms with van der Waals surface area (Å²) in [4.78, 5) is 105. The number of hydrogen-bond donors (Lipinski definition) is 4. The predicted octanol–water partition coefficient (Wildman–Crippen LogP) is 5.40. The number of hydrogen-bond acceptors (Lipinski definition) is 9. The van der Waals surface area contributed by atoms with Crippen LogP contribution in [0.3, 0.4) is 0 Å². The summed E-state index contributed by atoms with van der Waals surface area (Å²) in [6.45, 7) is 5.53. The van der Waals surface area contributed by atoms with Gasteiger partial charge in [-0.05, 0) is 59.4 Å². The monoisotopic (exact) mass is 807 g/mol. The Morgan fingerprint density at radius 2 is 1.59 bits per heavy atom. The van der Waals surface area contributed by atoms with E-state index in [1.807, 2.05) is 57.2 Å². The number of ketones is 3. The number of nitrogens with one attached hydrogen (secondary N) is 3. The molecule has 1 saturated heterocycles. The standard InChI is InChI=1S/C45H57N7O7/c1-45(2,3)34(23-38(54)39(29-13-5-4-6-14-29)51-43(58)35-24-47-18-19-48-35)42(57)50-36-26-52(44(59)49-32-17-16-28-12-7-8-15-30(28)21-32)25-33(36)37(53)22-31(40(55)41(46)56)20-27-10-9-11-27/h7-8,12,15-19,21,24,27,29,31,33-34,36,39H,4-6,9-11,13-14,20,22-23,25-26H2,1-3H3,(H2,46,56)(H,49,59)(H,50,57)(H,51,58)/t31-,33-,34-,36+,39+/m1/s1. The first kappa shape index (κ1) is 43.1. The van der Waals surface area contributed by atoms with E-state index in [1.54, 1.807) is 6.07 Å². The van der Waals surface area contributed by atoms with E-state index in [1.165, 1.54) is 23.5 Å². The van der Waals surface area contributed by atoms with Crippen LogP contribution < -0.4 is 21.7 Å². The van der Waals surface area contributed by atoms with Gasteiger partial charge in [-0.1, -0.05) is 89.6 Å². The van der Waals surface area contributed by atoms with Crippen molar-refractivity contribution in [2.45, 2.75) is 103 Å². The molecular weight excluding hydrogens is 751 g/mol. The average Bonchev–Trinajstić information content (AvgIpc) is 3.63. The summed E-state index contributed by atoms with van der Waals surface area (Å²) in [6.07, 6.45) is 11.4. The van der Waals surface area contributed by atoms with Crippen LogP contribution in [0.1, 0.15) is 102 Å². The van der Waals surface area contributed by atoms with E-state index >= 15 is 0 Å². The molecule has 3 aromatic rings. The van der Waals surface area contributed by atoms with Crippen LogP contribution >= 0.6 is 0 Å². The minimum absolute atomic E-state index is 0.0116. The lowest BCUT2D eigenvalue weighted by Crippen LogP contribution is -2.51. The summed E-state index contributed by atoms with van der Waals surface area (Å²) in [6, 6.07) is 11.1. The summed E-state index contributed by atoms with van der Waals surface area (Å²) in [7, 11) is 0. The Hall–Kier alpha value is -5.53. The van der Waals surface area contributed by atoms with Gasteiger partial charge in [0.15, 0.2) is 5.78 Å². The Morgan fingerprint density at radius 1 is 0.864 bits per heavy atom. The molecule has 3 aliphatic rings. The van der Waals surface area contributed by atoms with E-state index in [0.29, 0.717) is 12.1 Å². The molecule has 1 aliphatic heterocycles. The highest BCUT2D eigenvalue weighted by atomic mass is 16.2. The van der Waals surface area contributed by atoms with Crippen LogP contribution in [0.4, 0.5) is 10.5 Å². The Balaban J connectivity index is 1.22. The highest BCUT2D eigenvalue weighted by Crippen LogP contribution is 2.36. The number of fused-ring (bicyclic) bond motifs is 1. The number of urea groups is 1. The maximum absolute atomic E-state index is 14.5. The first-order valence-corrected chi connectivity index (χ1v) is 21.0. The fourth-order valence-electron chi connectivity index (χ4n) is 8.89. The highest BCUT2D eigenvalue weighted by Gasteiger charge is 2.45. The second kappa shape index (κ2) is 19.0. The van der Waals surface area contributed by atoms with Gasteiger partial charge < -0.3 is 26.6 Å². The Bertz CT molecular complexity index is 2040. The van der Waals surface area contributed by atoms with Gasteiger partial charge in [0, 0.05) is 55.8 Å². The lowest BCUT2D eigenvalue weighted by molar-refractivity contribution is -0.140. The van der Waals surface area contributed by atoms with Crippen molar-refractivity contribution in [3.8, 4) is 0 Å². The summed E-state index contributed by atoms with van der Waals surface area (Å²) >= 11 is 0. The molecule has 0 unspecified atom stereocenters. The minimum atomic E-state index is -1.09. The van der Waals surface area contributed by atoms with Crippen LogP contribution in [0.5, 0.6) is 0 Å². The predicted molar refractivity (Wildman–Crippen MR) is 222 cm³/mol. The first-order chi connectivity index (χ1) is 28.2. The molecule has 2 heterocycles. The molecule has 0 bridgehead atoms. The van der Waals surface area contributed by atoms with Crippen molar-refractivity contribution in [1.29, 1.82) is 0 Å². The number of carbonyl (C=O) groups excluding carboxylic acids is 7. The quantitative estimate of drug-likeness (QED) is 0.136. The molecule has 314 valence electrons. The van der Waals surface area contributed by atoms with Crippen molar-refractivity contribution in [3.63, 3.8) is 0 Å². The molecule has 14 heteroatoms. The molecule has 0 radical (unpaired) electrons. The maximum Gasteiger partial charge on any atom is 0.321 e. The van der Waals surface area contributed by atoms with Gasteiger partial charge in [0.2, 0.25) is 11.7 Å². The topological polar surface area (TPSA) is 211 Å². The van der Waals surface area contributed by atoms with Gasteiger partial charge in [-0.2, -0.15) is 0 Å². The summed E-state index contributed by atoms with van der Waals surface area (Å²) in [5, 5.41) is 10.8. The van der Waals surface area contributed by atoms with E-state index in [4.69, 9.17) is 5.73 Å². The zero-order valence-electron chi connectivity index (χ0n) is 34.3. The summed E-state index contributed by atoms with van der Waals surface area (Å²) in [5.74, 6) is -6.05. The van der Waals surface area contributed by atoms with Gasteiger partial charge in [0.05, 0.1) is 24.2 Å². The Kier molecular flexibility index (Phi) is 13.9. The summed E-state index contributed by atoms with van der Waals surface area (Å²) in [5.41, 5.74) is 5.35. The van der Waals surface area contributed by atoms with Crippen molar-refractivity contribution in [1.82, 2.24) is 25.5 Å². The van der Waals surface area contributed by atoms with Crippen LogP contribution in [0.15, 0.2) is 61.1 Å². The molecule has 5 amide bonds. The van der Waals surface area contributed by atoms with Gasteiger partial charge in [-0.25, -0.2) is 9.78 Å². The number of Topliss-reactive ketones (excluding diaryl/α,β-unsaturated/α-hetero) is 3. The van der Waals surface area contributed by atoms with Gasteiger partial charge in [-0.15, -0.1) is 0 Å². The second-order valence-electron chi connectivity index (χ2n) is 17.8. The lowest BCUT2D eigenvalue weighted by atomic mass is 9.74. The van der Waals surface area contributed by atoms with E-state index in [0.717, 1.165) is 62.1 Å². The molecule has 2 saturated carbocycles. The van der Waals surface area contributed by atoms with E-state index in [9.17, 15) is 33.6 Å². The Labute approximate surface area is 345 Å². The number of rotatable bonds is 16. The minimum Gasteiger partial charge on any atom is -0.363 e. The molecule has 0 spiro atoms. The lowest BCUT2D eigenvalue weighted by Gasteiger charge is -2.34. The molecule has 5 N–H and O–H groups in total. The number of nitrogens with two attached hydrogens (primary N) is 1. The molecule has 3 fully saturated rings. The third-order valence-corrected chi connectivity index (χ3v) is 12.6. The van der Waals surface area contributed by atoms with Crippen molar-refractivity contribution < 1.29 is 33.6 Å². The van der Waals surface area contributed by atoms with Gasteiger partial charge in [-0.3, -0.25) is 33.8 Å². The normalized spacial score (nSPS) is 20.2. The van der Waals surface area contributed by atoms with Crippen molar-refractivity contribution >= 4 is 57.6 Å². The number of likely N-dealkylation sites (tertiary alicyclic amines) is 1. The first-order valence-electron chi connectivity index (χ1n) is 21.0. The second-order valence-corrected chi connectivity index (χ2v) is 17.8. The molecule has 5 atom stereocenters. The van der Waals surface area contributed by atoms with E-state index in [2.05, 4.69) is 25.9 Å². The van der Waals surface area contributed by atoms with E-state index < -0.39 is 64.8 Å². The average molecular weight is 808 g/mol. The molecule has 1 aromatic heterocycles. The smallest absolute Gasteiger partial charge is 0.321 e. The van der Waals surface area contributed by atoms with Crippen LogP contribution in [-0.4, -0.2) is 81.1 Å². The summed E-state index contributed by atoms with van der Waals surface area (Å²) < 4.78 is 0. The maximum atomic E-state index is 14.5. The largest absolute Gasteiger partial charge is 0.363 e. The van der Waals surface area contributed by atoms with Crippen molar-refractivity contribution in [2.24, 2.45) is 40.7 Å². The van der Waals surface area contributed by atoms with Gasteiger partial charge in [0.25, 0.3) is 11.8 Å². The number of aromatic nitrogens is 2. The van der Waals surface area contributed by atoms with Gasteiger partial charge in [0.1, 0.15) is 11.5 Å². The zero-order valence-corrected chi connectivity index (χ0v) is 34.3. The molecule has 2 aliphatic carbocycles. The third-order valence-electron chi connectivity index (χ3n) is 12.6. The highest BCUT2D eigenvalue weighted by molar-refractivity contribution is 6.36.